The number of amides is 1. The number of allylic oxidation sites excluding steroid dienone is 1. The predicted molar refractivity (Wildman–Crippen MR) is 109 cm³/mol. The Morgan fingerprint density at radius 2 is 1.83 bits per heavy atom. The quantitative estimate of drug-likeness (QED) is 0.688. The number of fused-ring (bicyclic) bond motifs is 1. The number of aliphatic imine (C=N–C) groups is 1. The fourth-order valence-corrected chi connectivity index (χ4v) is 4.63. The molecule has 1 amide bonds. The molecule has 4 nitrogen and oxygen atoms in total. The molecule has 0 saturated heterocycles. The molecule has 0 spiro atoms. The monoisotopic (exact) mass is 433 g/mol. The molecule has 4 rings (SSSR count). The van der Waals surface area contributed by atoms with Gasteiger partial charge in [0.15, 0.2) is 0 Å². The van der Waals surface area contributed by atoms with Gasteiger partial charge < -0.3 is 11.1 Å². The summed E-state index contributed by atoms with van der Waals surface area (Å²) in [6.07, 6.45) is -3.65. The SMILES string of the molecule is NC1=C(C(=O)Nc2cccc(F)c2)S[C@@H]2N=C(C(F)(F)F)C=C(c3ccccc3)[C@H]12. The number of thioether (sulfide) groups is 1. The summed E-state index contributed by atoms with van der Waals surface area (Å²) in [7, 11) is 0. The summed E-state index contributed by atoms with van der Waals surface area (Å²) in [5, 5.41) is 1.61. The first kappa shape index (κ1) is 20.2. The van der Waals surface area contributed by atoms with E-state index in [1.807, 2.05) is 0 Å². The number of hydrogen-bond acceptors (Lipinski definition) is 4. The van der Waals surface area contributed by atoms with Crippen molar-refractivity contribution in [2.24, 2.45) is 16.6 Å². The third-order valence-electron chi connectivity index (χ3n) is 4.70. The number of carbonyl (C=O) groups is 1. The van der Waals surface area contributed by atoms with E-state index in [4.69, 9.17) is 5.73 Å². The van der Waals surface area contributed by atoms with Crippen molar-refractivity contribution in [2.75, 3.05) is 5.32 Å². The Balaban J connectivity index is 1.71. The zero-order valence-corrected chi connectivity index (χ0v) is 16.1. The molecule has 2 aliphatic heterocycles. The molecule has 0 fully saturated rings. The Hall–Kier alpha value is -3.07. The molecule has 0 bridgehead atoms. The van der Waals surface area contributed by atoms with E-state index in [2.05, 4.69) is 10.3 Å². The number of halogens is 4. The number of rotatable bonds is 3. The van der Waals surface area contributed by atoms with Gasteiger partial charge in [0.1, 0.15) is 16.9 Å². The summed E-state index contributed by atoms with van der Waals surface area (Å²) in [6, 6.07) is 13.8. The molecule has 2 heterocycles. The molecule has 0 unspecified atom stereocenters. The van der Waals surface area contributed by atoms with Gasteiger partial charge in [-0.25, -0.2) is 4.39 Å². The molecule has 154 valence electrons. The van der Waals surface area contributed by atoms with Crippen molar-refractivity contribution >= 4 is 34.6 Å². The van der Waals surface area contributed by atoms with E-state index >= 15 is 0 Å². The molecular weight excluding hydrogens is 418 g/mol. The highest BCUT2D eigenvalue weighted by Gasteiger charge is 2.46. The smallest absolute Gasteiger partial charge is 0.400 e. The van der Waals surface area contributed by atoms with Crippen molar-refractivity contribution in [3.63, 3.8) is 0 Å². The lowest BCUT2D eigenvalue weighted by Crippen LogP contribution is -2.31. The maximum atomic E-state index is 13.4. The van der Waals surface area contributed by atoms with E-state index in [9.17, 15) is 22.4 Å². The van der Waals surface area contributed by atoms with Crippen LogP contribution in [-0.4, -0.2) is 23.2 Å². The third-order valence-corrected chi connectivity index (χ3v) is 5.98. The number of alkyl halides is 3. The van der Waals surface area contributed by atoms with Gasteiger partial charge in [-0.3, -0.25) is 9.79 Å². The summed E-state index contributed by atoms with van der Waals surface area (Å²) in [5.74, 6) is -1.83. The average molecular weight is 433 g/mol. The number of hydrogen-bond donors (Lipinski definition) is 2. The summed E-state index contributed by atoms with van der Waals surface area (Å²) in [5.41, 5.74) is 6.49. The highest BCUT2D eigenvalue weighted by molar-refractivity contribution is 8.04. The zero-order valence-electron chi connectivity index (χ0n) is 15.3. The molecule has 0 aromatic heterocycles. The van der Waals surface area contributed by atoms with E-state index in [1.165, 1.54) is 18.2 Å². The van der Waals surface area contributed by atoms with E-state index in [1.54, 1.807) is 30.3 Å². The lowest BCUT2D eigenvalue weighted by Gasteiger charge is -2.26. The van der Waals surface area contributed by atoms with Crippen molar-refractivity contribution < 1.29 is 22.4 Å². The number of nitrogens with two attached hydrogens (primary N) is 1. The summed E-state index contributed by atoms with van der Waals surface area (Å²) < 4.78 is 53.6. The topological polar surface area (TPSA) is 67.5 Å². The molecule has 2 aliphatic rings. The molecule has 2 atom stereocenters. The molecule has 3 N–H and O–H groups in total. The Bertz CT molecular complexity index is 1090. The number of carbonyl (C=O) groups excluding carboxylic acids is 1. The van der Waals surface area contributed by atoms with Crippen LogP contribution in [0.25, 0.3) is 5.57 Å². The molecule has 2 aromatic rings. The van der Waals surface area contributed by atoms with Crippen LogP contribution in [0.3, 0.4) is 0 Å². The summed E-state index contributed by atoms with van der Waals surface area (Å²) in [4.78, 5) is 16.6. The second-order valence-corrected chi connectivity index (χ2v) is 7.84. The van der Waals surface area contributed by atoms with Gasteiger partial charge in [-0.1, -0.05) is 48.2 Å². The second-order valence-electron chi connectivity index (χ2n) is 6.71. The molecular formula is C21H15F4N3OS. The zero-order chi connectivity index (χ0) is 21.5. The van der Waals surface area contributed by atoms with E-state index in [0.29, 0.717) is 11.1 Å². The van der Waals surface area contributed by atoms with Gasteiger partial charge in [0, 0.05) is 11.4 Å². The van der Waals surface area contributed by atoms with Gasteiger partial charge >= 0.3 is 6.18 Å². The van der Waals surface area contributed by atoms with Crippen LogP contribution in [0.1, 0.15) is 5.56 Å². The molecule has 30 heavy (non-hydrogen) atoms. The van der Waals surface area contributed by atoms with Crippen LogP contribution in [0.15, 0.2) is 76.3 Å². The lowest BCUT2D eigenvalue weighted by atomic mass is 9.86. The van der Waals surface area contributed by atoms with Crippen molar-refractivity contribution in [3.05, 3.63) is 82.7 Å². The minimum absolute atomic E-state index is 0.0725. The molecule has 0 saturated carbocycles. The van der Waals surface area contributed by atoms with Crippen LogP contribution in [-0.2, 0) is 4.79 Å². The first-order valence-corrected chi connectivity index (χ1v) is 9.77. The second kappa shape index (κ2) is 7.64. The Labute approximate surface area is 173 Å². The highest BCUT2D eigenvalue weighted by Crippen LogP contribution is 2.49. The average Bonchev–Trinajstić information content (AvgIpc) is 3.04. The van der Waals surface area contributed by atoms with Crippen molar-refractivity contribution in [2.45, 2.75) is 11.6 Å². The minimum atomic E-state index is -4.63. The fraction of sp³-hybridized carbons (Fsp3) is 0.143. The van der Waals surface area contributed by atoms with Crippen molar-refractivity contribution in [1.29, 1.82) is 0 Å². The van der Waals surface area contributed by atoms with Crippen LogP contribution < -0.4 is 11.1 Å². The Morgan fingerprint density at radius 1 is 1.10 bits per heavy atom. The first-order chi connectivity index (χ1) is 14.2. The summed E-state index contributed by atoms with van der Waals surface area (Å²) in [6.45, 7) is 0. The number of nitrogens with zero attached hydrogens (tertiary/aromatic N) is 1. The lowest BCUT2D eigenvalue weighted by molar-refractivity contribution is -0.112. The number of dihydropyridines is 1. The van der Waals surface area contributed by atoms with Crippen LogP contribution in [0, 0.1) is 11.7 Å². The van der Waals surface area contributed by atoms with Gasteiger partial charge in [-0.2, -0.15) is 13.2 Å². The normalized spacial score (nSPS) is 21.1. The molecule has 9 heteroatoms. The number of nitrogens with one attached hydrogen (secondary N) is 1. The van der Waals surface area contributed by atoms with Crippen molar-refractivity contribution in [1.82, 2.24) is 0 Å². The maximum absolute atomic E-state index is 13.4. The highest BCUT2D eigenvalue weighted by atomic mass is 32.2. The Kier molecular flexibility index (Phi) is 5.15. The standard InChI is InChI=1S/C21H15F4N3OS/c22-12-7-4-8-13(9-12)27-19(29)18-17(26)16-14(11-5-2-1-3-6-11)10-15(21(23,24)25)28-20(16)30-18/h1-10,16,20H,26H2,(H,27,29)/t16-,20+/m1/s1. The Morgan fingerprint density at radius 3 is 2.50 bits per heavy atom. The van der Waals surface area contributed by atoms with E-state index in [-0.39, 0.29) is 16.3 Å². The first-order valence-electron chi connectivity index (χ1n) is 8.89. The minimum Gasteiger partial charge on any atom is -0.400 e. The van der Waals surface area contributed by atoms with Crippen LogP contribution in [0.5, 0.6) is 0 Å². The predicted octanol–water partition coefficient (Wildman–Crippen LogP) is 4.72. The summed E-state index contributed by atoms with van der Waals surface area (Å²) >= 11 is 0.873. The molecule has 0 radical (unpaired) electrons. The van der Waals surface area contributed by atoms with Gasteiger partial charge in [0.05, 0.1) is 10.8 Å². The van der Waals surface area contributed by atoms with E-state index < -0.39 is 34.9 Å². The maximum Gasteiger partial charge on any atom is 0.432 e. The van der Waals surface area contributed by atoms with Crippen LogP contribution in [0.4, 0.5) is 23.2 Å². The molecule has 2 aromatic carbocycles. The van der Waals surface area contributed by atoms with Crippen LogP contribution >= 0.6 is 11.8 Å². The van der Waals surface area contributed by atoms with Gasteiger partial charge in [0.2, 0.25) is 0 Å². The largest absolute Gasteiger partial charge is 0.432 e. The van der Waals surface area contributed by atoms with Crippen LogP contribution in [0.2, 0.25) is 0 Å². The van der Waals surface area contributed by atoms with E-state index in [0.717, 1.165) is 23.9 Å². The van der Waals surface area contributed by atoms with Gasteiger partial charge in [-0.15, -0.1) is 0 Å². The number of anilines is 1. The third kappa shape index (κ3) is 3.85. The van der Waals surface area contributed by atoms with Crippen molar-refractivity contribution in [3.8, 4) is 0 Å². The number of benzene rings is 2. The van der Waals surface area contributed by atoms with Gasteiger partial charge in [0.25, 0.3) is 5.91 Å². The fourth-order valence-electron chi connectivity index (χ4n) is 3.37. The van der Waals surface area contributed by atoms with Gasteiger partial charge in [-0.05, 0) is 35.4 Å². The molecule has 0 aliphatic carbocycles.